The van der Waals surface area contributed by atoms with Crippen LogP contribution in [0.15, 0.2) is 47.6 Å². The maximum atomic E-state index is 13.0. The molecule has 0 fully saturated rings. The Morgan fingerprint density at radius 2 is 1.96 bits per heavy atom. The topological polar surface area (TPSA) is 30.7 Å². The first-order valence-electron chi connectivity index (χ1n) is 7.91. The van der Waals surface area contributed by atoms with E-state index in [2.05, 4.69) is 40.8 Å². The van der Waals surface area contributed by atoms with Gasteiger partial charge in [-0.15, -0.1) is 5.10 Å². The molecule has 2 heterocycles. The number of aromatic nitrogens is 3. The van der Waals surface area contributed by atoms with E-state index in [-0.39, 0.29) is 5.82 Å². The molecule has 0 aliphatic rings. The third kappa shape index (κ3) is 3.22. The number of aryl methyl sites for hydroxylation is 1. The van der Waals surface area contributed by atoms with E-state index in [0.717, 1.165) is 33.8 Å². The molecule has 0 aliphatic carbocycles. The van der Waals surface area contributed by atoms with Crippen molar-refractivity contribution in [2.45, 2.75) is 38.1 Å². The molecule has 0 saturated carbocycles. The van der Waals surface area contributed by atoms with Gasteiger partial charge in [-0.1, -0.05) is 36.0 Å². The Bertz CT molecular complexity index is 882. The van der Waals surface area contributed by atoms with Crippen molar-refractivity contribution >= 4 is 22.7 Å². The van der Waals surface area contributed by atoms with Crippen molar-refractivity contribution in [3.63, 3.8) is 0 Å². The van der Waals surface area contributed by atoms with E-state index in [1.165, 1.54) is 23.4 Å². The minimum absolute atomic E-state index is 0.211. The average molecular weight is 341 g/mol. The minimum atomic E-state index is -0.211. The van der Waals surface area contributed by atoms with E-state index in [1.807, 2.05) is 25.3 Å². The predicted molar refractivity (Wildman–Crippen MR) is 97.8 cm³/mol. The van der Waals surface area contributed by atoms with E-state index in [0.29, 0.717) is 0 Å². The van der Waals surface area contributed by atoms with Crippen LogP contribution in [0, 0.1) is 19.7 Å². The monoisotopic (exact) mass is 341 g/mol. The first-order valence-corrected chi connectivity index (χ1v) is 8.90. The molecule has 0 atom stereocenters. The third-order valence-electron chi connectivity index (χ3n) is 4.23. The minimum Gasteiger partial charge on any atom is -0.339 e. The summed E-state index contributed by atoms with van der Waals surface area (Å²) >= 11 is 1.64. The number of halogens is 1. The Kier molecular flexibility index (Phi) is 5.00. The Labute approximate surface area is 145 Å². The van der Waals surface area contributed by atoms with Crippen molar-refractivity contribution in [3.8, 4) is 0 Å². The number of fused-ring (bicyclic) bond motifs is 1. The molecule has 0 aliphatic heterocycles. The maximum Gasteiger partial charge on any atom is 0.143 e. The second-order valence-corrected chi connectivity index (χ2v) is 6.68. The van der Waals surface area contributed by atoms with Gasteiger partial charge in [0.1, 0.15) is 10.8 Å². The van der Waals surface area contributed by atoms with Gasteiger partial charge in [-0.3, -0.25) is 0 Å². The molecule has 0 unspecified atom stereocenters. The summed E-state index contributed by atoms with van der Waals surface area (Å²) < 4.78 is 15.3. The number of hydrogen-bond acceptors (Lipinski definition) is 3. The Hall–Kier alpha value is -2.14. The van der Waals surface area contributed by atoms with Crippen LogP contribution < -0.4 is 0 Å². The fraction of sp³-hybridized carbons (Fsp3) is 0.263. The zero-order valence-corrected chi connectivity index (χ0v) is 14.9. The van der Waals surface area contributed by atoms with Crippen molar-refractivity contribution in [2.75, 3.05) is 0 Å². The quantitative estimate of drug-likeness (QED) is 0.480. The predicted octanol–water partition coefficient (Wildman–Crippen LogP) is 5.06. The standard InChI is InChI=1S/C19H20FN3S/c1-4-5-10-23-14(3)13(2)17-11-21-22-19(18(17)23)24-12-15-6-8-16(20)9-7-15/h4-9,11H,10,12H2,1-3H3/b5-4+. The van der Waals surface area contributed by atoms with Gasteiger partial charge in [-0.05, 0) is 44.0 Å². The third-order valence-corrected chi connectivity index (χ3v) is 5.25. The van der Waals surface area contributed by atoms with Gasteiger partial charge >= 0.3 is 0 Å². The fourth-order valence-electron chi connectivity index (χ4n) is 2.73. The van der Waals surface area contributed by atoms with Crippen LogP contribution in [0.3, 0.4) is 0 Å². The molecule has 0 spiro atoms. The van der Waals surface area contributed by atoms with Gasteiger partial charge in [-0.2, -0.15) is 5.10 Å². The lowest BCUT2D eigenvalue weighted by atomic mass is 10.2. The smallest absolute Gasteiger partial charge is 0.143 e. The van der Waals surface area contributed by atoms with Crippen LogP contribution in [-0.2, 0) is 12.3 Å². The summed E-state index contributed by atoms with van der Waals surface area (Å²) in [4.78, 5) is 0. The first-order chi connectivity index (χ1) is 11.6. The molecule has 2 aromatic heterocycles. The lowest BCUT2D eigenvalue weighted by molar-refractivity contribution is 0.627. The number of thioether (sulfide) groups is 1. The summed E-state index contributed by atoms with van der Waals surface area (Å²) in [6.07, 6.45) is 6.03. The summed E-state index contributed by atoms with van der Waals surface area (Å²) in [7, 11) is 0. The summed E-state index contributed by atoms with van der Waals surface area (Å²) in [5.41, 5.74) is 4.68. The zero-order chi connectivity index (χ0) is 17.1. The van der Waals surface area contributed by atoms with Crippen molar-refractivity contribution < 1.29 is 4.39 Å². The summed E-state index contributed by atoms with van der Waals surface area (Å²) in [6, 6.07) is 6.60. The largest absolute Gasteiger partial charge is 0.339 e. The highest BCUT2D eigenvalue weighted by Crippen LogP contribution is 2.32. The molecule has 0 bridgehead atoms. The Balaban J connectivity index is 1.98. The molecule has 0 saturated heterocycles. The summed E-state index contributed by atoms with van der Waals surface area (Å²) in [5, 5.41) is 10.6. The van der Waals surface area contributed by atoms with Crippen LogP contribution in [0.25, 0.3) is 10.9 Å². The van der Waals surface area contributed by atoms with E-state index >= 15 is 0 Å². The molecular formula is C19H20FN3S. The van der Waals surface area contributed by atoms with E-state index in [4.69, 9.17) is 0 Å². The van der Waals surface area contributed by atoms with Gasteiger partial charge in [0.2, 0.25) is 0 Å². The molecule has 0 N–H and O–H groups in total. The van der Waals surface area contributed by atoms with Gasteiger partial charge in [0.05, 0.1) is 11.7 Å². The van der Waals surface area contributed by atoms with Crippen molar-refractivity contribution in [1.29, 1.82) is 0 Å². The molecule has 3 nitrogen and oxygen atoms in total. The number of rotatable bonds is 5. The highest BCUT2D eigenvalue weighted by molar-refractivity contribution is 7.98. The second kappa shape index (κ2) is 7.18. The average Bonchev–Trinajstić information content (AvgIpc) is 2.84. The van der Waals surface area contributed by atoms with Crippen LogP contribution in [-0.4, -0.2) is 14.8 Å². The van der Waals surface area contributed by atoms with Gasteiger partial charge in [-0.25, -0.2) is 4.39 Å². The molecule has 0 radical (unpaired) electrons. The first kappa shape index (κ1) is 16.7. The molecule has 0 amide bonds. The van der Waals surface area contributed by atoms with Gasteiger partial charge in [0.15, 0.2) is 0 Å². The number of allylic oxidation sites excluding steroid dienone is 2. The van der Waals surface area contributed by atoms with Crippen molar-refractivity contribution in [3.05, 3.63) is 65.3 Å². The summed E-state index contributed by atoms with van der Waals surface area (Å²) in [6.45, 7) is 7.10. The molecular weight excluding hydrogens is 321 g/mol. The van der Waals surface area contributed by atoms with Crippen molar-refractivity contribution in [1.82, 2.24) is 14.8 Å². The van der Waals surface area contributed by atoms with Crippen LogP contribution >= 0.6 is 11.8 Å². The molecule has 24 heavy (non-hydrogen) atoms. The van der Waals surface area contributed by atoms with Gasteiger partial charge in [0, 0.05) is 23.4 Å². The molecule has 124 valence electrons. The highest BCUT2D eigenvalue weighted by atomic mass is 32.2. The second-order valence-electron chi connectivity index (χ2n) is 5.72. The Morgan fingerprint density at radius 1 is 1.21 bits per heavy atom. The highest BCUT2D eigenvalue weighted by Gasteiger charge is 2.15. The van der Waals surface area contributed by atoms with Gasteiger partial charge < -0.3 is 4.57 Å². The fourth-order valence-corrected chi connectivity index (χ4v) is 3.69. The molecule has 3 rings (SSSR count). The SMILES string of the molecule is C/C=C/Cn1c(C)c(C)c2cnnc(SCc3ccc(F)cc3)c21. The van der Waals surface area contributed by atoms with E-state index < -0.39 is 0 Å². The molecule has 1 aromatic carbocycles. The molecule has 5 heteroatoms. The Morgan fingerprint density at radius 3 is 2.67 bits per heavy atom. The van der Waals surface area contributed by atoms with Crippen molar-refractivity contribution in [2.24, 2.45) is 0 Å². The normalized spacial score (nSPS) is 11.7. The van der Waals surface area contributed by atoms with Crippen LogP contribution in [0.1, 0.15) is 23.7 Å². The van der Waals surface area contributed by atoms with Crippen LogP contribution in [0.5, 0.6) is 0 Å². The lowest BCUT2D eigenvalue weighted by Crippen LogP contribution is -2.00. The number of nitrogens with zero attached hydrogens (tertiary/aromatic N) is 3. The van der Waals surface area contributed by atoms with Gasteiger partial charge in [0.25, 0.3) is 0 Å². The van der Waals surface area contributed by atoms with E-state index in [9.17, 15) is 4.39 Å². The van der Waals surface area contributed by atoms with Crippen LogP contribution in [0.2, 0.25) is 0 Å². The number of hydrogen-bond donors (Lipinski definition) is 0. The van der Waals surface area contributed by atoms with E-state index in [1.54, 1.807) is 11.8 Å². The maximum absolute atomic E-state index is 13.0. The zero-order valence-electron chi connectivity index (χ0n) is 14.1. The number of benzene rings is 1. The summed E-state index contributed by atoms with van der Waals surface area (Å²) in [5.74, 6) is 0.526. The van der Waals surface area contributed by atoms with Crippen LogP contribution in [0.4, 0.5) is 4.39 Å². The lowest BCUT2D eigenvalue weighted by Gasteiger charge is -2.08. The molecule has 3 aromatic rings.